The highest BCUT2D eigenvalue weighted by Crippen LogP contribution is 2.25. The SMILES string of the molecule is COCCN(Cc1ccccc1OS(=O)(=O)c1ccc(OC)cc1)C(=O)C(C)C. The average Bonchev–Trinajstić information content (AvgIpc) is 2.71. The van der Waals surface area contributed by atoms with Crippen LogP contribution in [-0.2, 0) is 26.2 Å². The zero-order chi connectivity index (χ0) is 21.4. The zero-order valence-corrected chi connectivity index (χ0v) is 17.9. The van der Waals surface area contributed by atoms with Crippen LogP contribution in [0.5, 0.6) is 11.5 Å². The Morgan fingerprint density at radius 3 is 2.28 bits per heavy atom. The molecule has 2 aromatic carbocycles. The standard InChI is InChI=1S/C21H27NO6S/c1-16(2)21(23)22(13-14-26-3)15-17-7-5-6-8-20(17)28-29(24,25)19-11-9-18(27-4)10-12-19/h5-12,16H,13-15H2,1-4H3. The summed E-state index contributed by atoms with van der Waals surface area (Å²) in [6.45, 7) is 4.63. The van der Waals surface area contributed by atoms with E-state index in [2.05, 4.69) is 0 Å². The molecular weight excluding hydrogens is 394 g/mol. The van der Waals surface area contributed by atoms with Gasteiger partial charge in [0.2, 0.25) is 5.91 Å². The van der Waals surface area contributed by atoms with Crippen molar-refractivity contribution in [3.05, 3.63) is 54.1 Å². The molecule has 0 aliphatic heterocycles. The van der Waals surface area contributed by atoms with Gasteiger partial charge in [-0.1, -0.05) is 32.0 Å². The van der Waals surface area contributed by atoms with Crippen molar-refractivity contribution in [2.24, 2.45) is 5.92 Å². The third-order valence-corrected chi connectivity index (χ3v) is 5.50. The Bertz CT molecular complexity index is 909. The monoisotopic (exact) mass is 421 g/mol. The number of hydrogen-bond acceptors (Lipinski definition) is 6. The molecule has 29 heavy (non-hydrogen) atoms. The van der Waals surface area contributed by atoms with Gasteiger partial charge in [0.1, 0.15) is 16.4 Å². The molecular formula is C21H27NO6S. The van der Waals surface area contributed by atoms with Gasteiger partial charge in [-0.15, -0.1) is 0 Å². The molecule has 0 spiro atoms. The first-order valence-corrected chi connectivity index (χ1v) is 10.6. The maximum absolute atomic E-state index is 12.7. The summed E-state index contributed by atoms with van der Waals surface area (Å²) in [5, 5.41) is 0. The van der Waals surface area contributed by atoms with Gasteiger partial charge in [-0.25, -0.2) is 0 Å². The van der Waals surface area contributed by atoms with Gasteiger partial charge in [-0.05, 0) is 30.3 Å². The minimum atomic E-state index is -4.03. The van der Waals surface area contributed by atoms with Crippen molar-refractivity contribution in [1.29, 1.82) is 0 Å². The Hall–Kier alpha value is -2.58. The second-order valence-electron chi connectivity index (χ2n) is 6.73. The Morgan fingerprint density at radius 1 is 1.03 bits per heavy atom. The first-order chi connectivity index (χ1) is 13.8. The fourth-order valence-electron chi connectivity index (χ4n) is 2.66. The second-order valence-corrected chi connectivity index (χ2v) is 8.27. The van der Waals surface area contributed by atoms with Gasteiger partial charge >= 0.3 is 10.1 Å². The fraction of sp³-hybridized carbons (Fsp3) is 0.381. The summed E-state index contributed by atoms with van der Waals surface area (Å²) in [5.74, 6) is 0.491. The molecule has 0 bridgehead atoms. The van der Waals surface area contributed by atoms with Crippen LogP contribution >= 0.6 is 0 Å². The van der Waals surface area contributed by atoms with Gasteiger partial charge in [0.05, 0.1) is 13.7 Å². The van der Waals surface area contributed by atoms with Gasteiger partial charge in [-0.2, -0.15) is 8.42 Å². The molecule has 0 heterocycles. The maximum Gasteiger partial charge on any atom is 0.339 e. The third kappa shape index (κ3) is 6.20. The largest absolute Gasteiger partial charge is 0.497 e. The predicted octanol–water partition coefficient (Wildman–Crippen LogP) is 3.09. The van der Waals surface area contributed by atoms with E-state index in [0.29, 0.717) is 24.5 Å². The molecule has 8 heteroatoms. The first-order valence-electron chi connectivity index (χ1n) is 9.22. The summed E-state index contributed by atoms with van der Waals surface area (Å²) in [6.07, 6.45) is 0. The molecule has 0 unspecified atom stereocenters. The Labute approximate surface area is 172 Å². The molecule has 0 aliphatic rings. The molecule has 0 saturated heterocycles. The number of hydrogen-bond donors (Lipinski definition) is 0. The van der Waals surface area contributed by atoms with E-state index in [1.54, 1.807) is 48.4 Å². The molecule has 0 atom stereocenters. The lowest BCUT2D eigenvalue weighted by atomic mass is 10.1. The topological polar surface area (TPSA) is 82.1 Å². The Kier molecular flexibility index (Phi) is 8.04. The normalized spacial score (nSPS) is 11.3. The van der Waals surface area contributed by atoms with E-state index in [9.17, 15) is 13.2 Å². The molecule has 0 fully saturated rings. The first kappa shape index (κ1) is 22.7. The minimum absolute atomic E-state index is 0.0163. The molecule has 0 aliphatic carbocycles. The van der Waals surface area contributed by atoms with Crippen LogP contribution in [-0.4, -0.2) is 46.6 Å². The predicted molar refractivity (Wildman–Crippen MR) is 109 cm³/mol. The van der Waals surface area contributed by atoms with E-state index in [-0.39, 0.29) is 29.0 Å². The molecule has 2 aromatic rings. The summed E-state index contributed by atoms with van der Waals surface area (Å²) in [7, 11) is -0.964. The number of nitrogens with zero attached hydrogens (tertiary/aromatic N) is 1. The van der Waals surface area contributed by atoms with Crippen LogP contribution in [0, 0.1) is 5.92 Å². The van der Waals surface area contributed by atoms with Crippen molar-refractivity contribution in [2.75, 3.05) is 27.4 Å². The molecule has 158 valence electrons. The zero-order valence-electron chi connectivity index (χ0n) is 17.1. The third-order valence-electron chi connectivity index (χ3n) is 4.25. The fourth-order valence-corrected chi connectivity index (χ4v) is 3.63. The molecule has 0 N–H and O–H groups in total. The summed E-state index contributed by atoms with van der Waals surface area (Å²) < 4.78 is 40.9. The number of carbonyl (C=O) groups excluding carboxylic acids is 1. The van der Waals surface area contributed by atoms with Crippen molar-refractivity contribution in [3.8, 4) is 11.5 Å². The molecule has 1 amide bonds. The summed E-state index contributed by atoms with van der Waals surface area (Å²) in [6, 6.07) is 12.7. The molecule has 0 saturated carbocycles. The van der Waals surface area contributed by atoms with E-state index in [1.807, 2.05) is 13.8 Å². The highest BCUT2D eigenvalue weighted by molar-refractivity contribution is 7.87. The van der Waals surface area contributed by atoms with E-state index >= 15 is 0 Å². The lowest BCUT2D eigenvalue weighted by Crippen LogP contribution is -2.36. The van der Waals surface area contributed by atoms with Crippen molar-refractivity contribution in [1.82, 2.24) is 4.90 Å². The van der Waals surface area contributed by atoms with Crippen LogP contribution in [0.4, 0.5) is 0 Å². The summed E-state index contributed by atoms with van der Waals surface area (Å²) >= 11 is 0. The number of amides is 1. The van der Waals surface area contributed by atoms with Gasteiger partial charge in [-0.3, -0.25) is 4.79 Å². The van der Waals surface area contributed by atoms with Crippen molar-refractivity contribution in [3.63, 3.8) is 0 Å². The number of para-hydroxylation sites is 1. The quantitative estimate of drug-likeness (QED) is 0.548. The van der Waals surface area contributed by atoms with Crippen LogP contribution in [0.3, 0.4) is 0 Å². The van der Waals surface area contributed by atoms with Crippen LogP contribution in [0.15, 0.2) is 53.4 Å². The molecule has 7 nitrogen and oxygen atoms in total. The smallest absolute Gasteiger partial charge is 0.339 e. The lowest BCUT2D eigenvalue weighted by molar-refractivity contribution is -0.135. The second kappa shape index (κ2) is 10.3. The lowest BCUT2D eigenvalue weighted by Gasteiger charge is -2.25. The van der Waals surface area contributed by atoms with Crippen molar-refractivity contribution in [2.45, 2.75) is 25.3 Å². The highest BCUT2D eigenvalue weighted by atomic mass is 32.2. The number of carbonyl (C=O) groups is 1. The number of methoxy groups -OCH3 is 2. The van der Waals surface area contributed by atoms with Crippen LogP contribution in [0.1, 0.15) is 19.4 Å². The van der Waals surface area contributed by atoms with E-state index in [0.717, 1.165) is 0 Å². The number of ether oxygens (including phenoxy) is 2. The maximum atomic E-state index is 12.7. The van der Waals surface area contributed by atoms with Gasteiger partial charge in [0, 0.05) is 31.7 Å². The van der Waals surface area contributed by atoms with Crippen LogP contribution < -0.4 is 8.92 Å². The van der Waals surface area contributed by atoms with E-state index < -0.39 is 10.1 Å². The molecule has 2 rings (SSSR count). The highest BCUT2D eigenvalue weighted by Gasteiger charge is 2.22. The average molecular weight is 422 g/mol. The summed E-state index contributed by atoms with van der Waals surface area (Å²) in [5.41, 5.74) is 0.592. The van der Waals surface area contributed by atoms with Gasteiger partial charge in [0.25, 0.3) is 0 Å². The van der Waals surface area contributed by atoms with Gasteiger partial charge in [0.15, 0.2) is 0 Å². The summed E-state index contributed by atoms with van der Waals surface area (Å²) in [4.78, 5) is 14.2. The van der Waals surface area contributed by atoms with Crippen molar-refractivity contribution >= 4 is 16.0 Å². The Morgan fingerprint density at radius 2 is 1.69 bits per heavy atom. The minimum Gasteiger partial charge on any atom is -0.497 e. The van der Waals surface area contributed by atoms with Crippen LogP contribution in [0.25, 0.3) is 0 Å². The van der Waals surface area contributed by atoms with Gasteiger partial charge < -0.3 is 18.6 Å². The van der Waals surface area contributed by atoms with E-state index in [4.69, 9.17) is 13.7 Å². The van der Waals surface area contributed by atoms with E-state index in [1.165, 1.54) is 19.2 Å². The molecule has 0 aromatic heterocycles. The number of rotatable bonds is 10. The molecule has 0 radical (unpaired) electrons. The van der Waals surface area contributed by atoms with Crippen molar-refractivity contribution < 1.29 is 26.9 Å². The number of benzene rings is 2. The van der Waals surface area contributed by atoms with Crippen LogP contribution in [0.2, 0.25) is 0 Å². The Balaban J connectivity index is 2.27.